The standard InChI is InChI=1S/C34H30N4O4/c1-38-31-17-25(34(40)41-2)11-13-30(31)36-32(38)18-23-8-9-24-15-22(23)10-12-28(39)16-27-14-21(19-35)6-7-26(27)20-42-33-5-3-4-29(24)37-33/h3-9,11,13-15,17,28,39H,10,12,16,18,20H2,1-2H3. The van der Waals surface area contributed by atoms with E-state index in [4.69, 9.17) is 19.4 Å². The monoisotopic (exact) mass is 558 g/mol. The van der Waals surface area contributed by atoms with E-state index in [2.05, 4.69) is 24.3 Å². The van der Waals surface area contributed by atoms with Crippen molar-refractivity contribution in [3.63, 3.8) is 0 Å². The van der Waals surface area contributed by atoms with Crippen LogP contribution >= 0.6 is 0 Å². The number of carbonyl (C=O) groups excluding carboxylic acids is 1. The summed E-state index contributed by atoms with van der Waals surface area (Å²) in [7, 11) is 3.32. The molecular formula is C34H30N4O4. The predicted octanol–water partition coefficient (Wildman–Crippen LogP) is 5.31. The SMILES string of the molecule is COC(=O)c1ccc2nc(Cc3ccc4cc3CCC(O)Cc3cc(C#N)ccc3COc3cccc-4n3)n(C)c2c1. The van der Waals surface area contributed by atoms with E-state index in [-0.39, 0.29) is 5.97 Å². The zero-order valence-electron chi connectivity index (χ0n) is 23.5. The molecule has 1 aliphatic heterocycles. The van der Waals surface area contributed by atoms with Gasteiger partial charge in [0.25, 0.3) is 0 Å². The molecule has 1 unspecified atom stereocenters. The summed E-state index contributed by atoms with van der Waals surface area (Å²) in [5.74, 6) is 0.991. The Morgan fingerprint density at radius 1 is 1.07 bits per heavy atom. The molecule has 0 spiro atoms. The van der Waals surface area contributed by atoms with E-state index in [1.165, 1.54) is 7.11 Å². The molecule has 0 saturated carbocycles. The van der Waals surface area contributed by atoms with Gasteiger partial charge in [-0.3, -0.25) is 0 Å². The quantitative estimate of drug-likeness (QED) is 0.299. The number of esters is 1. The fourth-order valence-corrected chi connectivity index (χ4v) is 5.52. The van der Waals surface area contributed by atoms with Crippen LogP contribution in [0, 0.1) is 11.3 Å². The molecule has 0 amide bonds. The molecule has 8 nitrogen and oxygen atoms in total. The topological polar surface area (TPSA) is 110 Å². The number of carbonyl (C=O) groups is 1. The van der Waals surface area contributed by atoms with Gasteiger partial charge in [-0.2, -0.15) is 5.26 Å². The minimum absolute atomic E-state index is 0.299. The van der Waals surface area contributed by atoms with Gasteiger partial charge in [-0.1, -0.05) is 24.3 Å². The molecule has 6 rings (SSSR count). The van der Waals surface area contributed by atoms with Crippen molar-refractivity contribution in [1.82, 2.24) is 14.5 Å². The van der Waals surface area contributed by atoms with Crippen LogP contribution in [0.3, 0.4) is 0 Å². The molecule has 8 heteroatoms. The Labute approximate surface area is 243 Å². The van der Waals surface area contributed by atoms with Crippen LogP contribution in [0.5, 0.6) is 5.88 Å². The largest absolute Gasteiger partial charge is 0.473 e. The van der Waals surface area contributed by atoms with E-state index in [1.807, 2.05) is 48.0 Å². The predicted molar refractivity (Wildman–Crippen MR) is 158 cm³/mol. The molecule has 0 fully saturated rings. The maximum Gasteiger partial charge on any atom is 0.337 e. The van der Waals surface area contributed by atoms with Gasteiger partial charge in [-0.05, 0) is 84.0 Å². The highest BCUT2D eigenvalue weighted by atomic mass is 16.5. The van der Waals surface area contributed by atoms with E-state index in [1.54, 1.807) is 18.2 Å². The molecular weight excluding hydrogens is 528 g/mol. The van der Waals surface area contributed by atoms with Crippen molar-refractivity contribution in [3.8, 4) is 23.2 Å². The number of benzene rings is 3. The number of nitriles is 1. The Morgan fingerprint density at radius 3 is 2.79 bits per heavy atom. The van der Waals surface area contributed by atoms with Crippen LogP contribution in [-0.2, 0) is 37.7 Å². The minimum atomic E-state index is -0.597. The number of nitrogens with zero attached hydrogens (tertiary/aromatic N) is 4. The van der Waals surface area contributed by atoms with Gasteiger partial charge in [-0.15, -0.1) is 0 Å². The van der Waals surface area contributed by atoms with E-state index in [9.17, 15) is 15.2 Å². The Kier molecular flexibility index (Phi) is 7.43. The molecule has 3 heterocycles. The molecule has 3 aromatic carbocycles. The number of hydrogen-bond donors (Lipinski definition) is 1. The maximum absolute atomic E-state index is 12.1. The molecule has 42 heavy (non-hydrogen) atoms. The van der Waals surface area contributed by atoms with Crippen LogP contribution in [0.1, 0.15) is 50.4 Å². The molecule has 0 saturated heterocycles. The summed E-state index contributed by atoms with van der Waals surface area (Å²) in [6.45, 7) is 0.299. The fourth-order valence-electron chi connectivity index (χ4n) is 5.52. The molecule has 210 valence electrons. The number of imidazole rings is 1. The second-order valence-electron chi connectivity index (χ2n) is 10.6. The minimum Gasteiger partial charge on any atom is -0.473 e. The van der Waals surface area contributed by atoms with E-state index in [0.29, 0.717) is 49.3 Å². The first-order valence-corrected chi connectivity index (χ1v) is 13.9. The summed E-state index contributed by atoms with van der Waals surface area (Å²) in [5.41, 5.74) is 8.49. The summed E-state index contributed by atoms with van der Waals surface area (Å²) in [6.07, 6.45) is 1.61. The highest BCUT2D eigenvalue weighted by Gasteiger charge is 2.18. The Hall–Kier alpha value is -5.00. The van der Waals surface area contributed by atoms with Gasteiger partial charge in [0.1, 0.15) is 12.4 Å². The zero-order chi connectivity index (χ0) is 29.2. The first-order valence-electron chi connectivity index (χ1n) is 13.9. The summed E-state index contributed by atoms with van der Waals surface area (Å²) >= 11 is 0. The van der Waals surface area contributed by atoms with Gasteiger partial charge < -0.3 is 19.1 Å². The average molecular weight is 559 g/mol. The highest BCUT2D eigenvalue weighted by Crippen LogP contribution is 2.28. The molecule has 4 bridgehead atoms. The van der Waals surface area contributed by atoms with E-state index in [0.717, 1.165) is 50.4 Å². The third-order valence-electron chi connectivity index (χ3n) is 7.88. The molecule has 0 aliphatic carbocycles. The number of fused-ring (bicyclic) bond motifs is 7. The first-order chi connectivity index (χ1) is 20.4. The number of rotatable bonds is 3. The van der Waals surface area contributed by atoms with Crippen LogP contribution in [0.2, 0.25) is 0 Å². The third-order valence-corrected chi connectivity index (χ3v) is 7.88. The molecule has 0 radical (unpaired) electrons. The van der Waals surface area contributed by atoms with E-state index < -0.39 is 6.10 Å². The van der Waals surface area contributed by atoms with Crippen molar-refractivity contribution in [2.75, 3.05) is 7.11 Å². The van der Waals surface area contributed by atoms with Gasteiger partial charge in [-0.25, -0.2) is 14.8 Å². The number of pyridine rings is 1. The Balaban J connectivity index is 1.37. The van der Waals surface area contributed by atoms with Crippen molar-refractivity contribution >= 4 is 17.0 Å². The van der Waals surface area contributed by atoms with E-state index >= 15 is 0 Å². The smallest absolute Gasteiger partial charge is 0.337 e. The number of aliphatic hydroxyl groups is 1. The lowest BCUT2D eigenvalue weighted by atomic mass is 9.93. The zero-order valence-corrected chi connectivity index (χ0v) is 23.5. The molecule has 1 N–H and O–H groups in total. The van der Waals surface area contributed by atoms with Crippen LogP contribution in [0.4, 0.5) is 0 Å². The molecule has 1 atom stereocenters. The summed E-state index contributed by atoms with van der Waals surface area (Å²) in [5, 5.41) is 20.5. The second-order valence-corrected chi connectivity index (χ2v) is 10.6. The third kappa shape index (κ3) is 5.47. The Morgan fingerprint density at radius 2 is 1.95 bits per heavy atom. The van der Waals surface area contributed by atoms with Crippen LogP contribution in [0.25, 0.3) is 22.3 Å². The lowest BCUT2D eigenvalue weighted by Gasteiger charge is -2.18. The Bertz CT molecular complexity index is 1850. The number of hydrogen-bond acceptors (Lipinski definition) is 7. The highest BCUT2D eigenvalue weighted by molar-refractivity contribution is 5.93. The van der Waals surface area contributed by atoms with Gasteiger partial charge in [0.2, 0.25) is 5.88 Å². The van der Waals surface area contributed by atoms with Crippen molar-refractivity contribution in [1.29, 1.82) is 5.26 Å². The summed E-state index contributed by atoms with van der Waals surface area (Å²) in [6, 6.07) is 25.1. The molecule has 1 aliphatic rings. The number of methoxy groups -OCH3 is 1. The maximum atomic E-state index is 12.1. The van der Waals surface area contributed by atoms with Crippen molar-refractivity contribution in [2.45, 2.75) is 38.4 Å². The normalized spacial score (nSPS) is 14.8. The fraction of sp³-hybridized carbons (Fsp3) is 0.235. The average Bonchev–Trinajstić information content (AvgIpc) is 3.33. The number of aliphatic hydroxyl groups excluding tert-OH is 1. The van der Waals surface area contributed by atoms with Crippen LogP contribution in [0.15, 0.2) is 72.8 Å². The lowest BCUT2D eigenvalue weighted by Crippen LogP contribution is -2.15. The van der Waals surface area contributed by atoms with Gasteiger partial charge in [0.15, 0.2) is 0 Å². The van der Waals surface area contributed by atoms with Crippen molar-refractivity contribution in [2.24, 2.45) is 7.05 Å². The number of aryl methyl sites for hydroxylation is 2. The molecule has 2 aromatic heterocycles. The molecule has 5 aromatic rings. The second kappa shape index (κ2) is 11.5. The van der Waals surface area contributed by atoms with Gasteiger partial charge in [0.05, 0.1) is 47.1 Å². The van der Waals surface area contributed by atoms with Crippen LogP contribution in [-0.4, -0.2) is 38.8 Å². The van der Waals surface area contributed by atoms with Gasteiger partial charge in [0, 0.05) is 25.1 Å². The number of aromatic nitrogens is 3. The van der Waals surface area contributed by atoms with Crippen molar-refractivity contribution < 1.29 is 19.4 Å². The number of ether oxygens (including phenoxy) is 2. The van der Waals surface area contributed by atoms with Gasteiger partial charge >= 0.3 is 5.97 Å². The van der Waals surface area contributed by atoms with Crippen LogP contribution < -0.4 is 4.74 Å². The lowest BCUT2D eigenvalue weighted by molar-refractivity contribution is 0.0601. The van der Waals surface area contributed by atoms with Crippen molar-refractivity contribution in [3.05, 3.63) is 112 Å². The summed E-state index contributed by atoms with van der Waals surface area (Å²) < 4.78 is 13.0. The first kappa shape index (κ1) is 27.2. The summed E-state index contributed by atoms with van der Waals surface area (Å²) in [4.78, 5) is 21.7.